The normalized spacial score (nSPS) is 11.9. The predicted molar refractivity (Wildman–Crippen MR) is 90.0 cm³/mol. The fourth-order valence-corrected chi connectivity index (χ4v) is 2.41. The molecule has 0 aliphatic carbocycles. The minimum Gasteiger partial charge on any atom is -0.491 e. The molecule has 0 radical (unpaired) electrons. The number of rotatable bonds is 7. The molecule has 0 aliphatic heterocycles. The van der Waals surface area contributed by atoms with E-state index in [0.29, 0.717) is 19.0 Å². The van der Waals surface area contributed by atoms with E-state index >= 15 is 0 Å². The van der Waals surface area contributed by atoms with Crippen LogP contribution in [0, 0.1) is 0 Å². The van der Waals surface area contributed by atoms with Gasteiger partial charge in [-0.05, 0) is 12.0 Å². The molecule has 3 heteroatoms. The summed E-state index contributed by atoms with van der Waals surface area (Å²) in [6, 6.07) is 20.3. The van der Waals surface area contributed by atoms with Crippen molar-refractivity contribution >= 4 is 22.9 Å². The summed E-state index contributed by atoms with van der Waals surface area (Å²) in [7, 11) is 0. The summed E-state index contributed by atoms with van der Waals surface area (Å²) in [6.07, 6.45) is 0.750. The Hall–Kier alpha value is -1.77. The molecule has 0 amide bonds. The Bertz CT molecular complexity index is 566. The van der Waals surface area contributed by atoms with Crippen LogP contribution in [0.4, 0.5) is 0 Å². The van der Waals surface area contributed by atoms with Gasteiger partial charge in [0.25, 0.3) is 0 Å². The van der Waals surface area contributed by atoms with Gasteiger partial charge in [-0.2, -0.15) is 0 Å². The van der Waals surface area contributed by atoms with Crippen LogP contribution in [0.5, 0.6) is 0 Å². The average Bonchev–Trinajstić information content (AvgIpc) is 2.56. The molecule has 110 valence electrons. The van der Waals surface area contributed by atoms with Crippen molar-refractivity contribution in [3.05, 3.63) is 71.8 Å². The van der Waals surface area contributed by atoms with E-state index in [1.807, 2.05) is 48.5 Å². The number of halogens is 1. The Labute approximate surface area is 131 Å². The van der Waals surface area contributed by atoms with E-state index in [-0.39, 0.29) is 0 Å². The van der Waals surface area contributed by atoms with Crippen LogP contribution in [0.1, 0.15) is 17.5 Å². The summed E-state index contributed by atoms with van der Waals surface area (Å²) in [5.41, 5.74) is 8.89. The first kappa shape index (κ1) is 15.6. The van der Waals surface area contributed by atoms with Crippen LogP contribution in [0.2, 0.25) is 0 Å². The number of benzene rings is 2. The second-order valence-corrected chi connectivity index (χ2v) is 4.99. The first-order chi connectivity index (χ1) is 10.4. The number of ether oxygens (including phenoxy) is 1. The molecule has 0 bridgehead atoms. The highest BCUT2D eigenvalue weighted by Crippen LogP contribution is 2.30. The van der Waals surface area contributed by atoms with Crippen molar-refractivity contribution < 1.29 is 4.74 Å². The SMILES string of the molecule is NCCOC(=C(CCCl)c1ccccc1)c1ccccc1. The van der Waals surface area contributed by atoms with Crippen LogP contribution in [-0.2, 0) is 4.74 Å². The maximum Gasteiger partial charge on any atom is 0.130 e. The summed E-state index contributed by atoms with van der Waals surface area (Å²) in [6.45, 7) is 0.974. The monoisotopic (exact) mass is 301 g/mol. The highest BCUT2D eigenvalue weighted by Gasteiger charge is 2.12. The molecule has 2 rings (SSSR count). The first-order valence-electron chi connectivity index (χ1n) is 7.09. The molecule has 21 heavy (non-hydrogen) atoms. The molecule has 0 atom stereocenters. The summed E-state index contributed by atoms with van der Waals surface area (Å²) in [5, 5.41) is 0. The van der Waals surface area contributed by atoms with E-state index in [0.717, 1.165) is 28.9 Å². The highest BCUT2D eigenvalue weighted by atomic mass is 35.5. The molecular weight excluding hydrogens is 282 g/mol. The van der Waals surface area contributed by atoms with Gasteiger partial charge in [0.1, 0.15) is 12.4 Å². The van der Waals surface area contributed by atoms with Crippen molar-refractivity contribution in [1.82, 2.24) is 0 Å². The van der Waals surface area contributed by atoms with E-state index in [1.165, 1.54) is 0 Å². The molecule has 2 aromatic carbocycles. The zero-order chi connectivity index (χ0) is 14.9. The van der Waals surface area contributed by atoms with Crippen LogP contribution in [0.3, 0.4) is 0 Å². The lowest BCUT2D eigenvalue weighted by Gasteiger charge is -2.16. The van der Waals surface area contributed by atoms with Crippen LogP contribution in [0.15, 0.2) is 60.7 Å². The summed E-state index contributed by atoms with van der Waals surface area (Å²) in [5.74, 6) is 1.42. The maximum absolute atomic E-state index is 6.00. The fourth-order valence-electron chi connectivity index (χ4n) is 2.22. The van der Waals surface area contributed by atoms with Crippen LogP contribution in [0.25, 0.3) is 11.3 Å². The van der Waals surface area contributed by atoms with E-state index < -0.39 is 0 Å². The van der Waals surface area contributed by atoms with Gasteiger partial charge in [0.05, 0.1) is 0 Å². The average molecular weight is 302 g/mol. The maximum atomic E-state index is 6.00. The summed E-state index contributed by atoms with van der Waals surface area (Å²) in [4.78, 5) is 0. The molecule has 0 saturated carbocycles. The zero-order valence-electron chi connectivity index (χ0n) is 12.0. The van der Waals surface area contributed by atoms with Gasteiger partial charge < -0.3 is 10.5 Å². The lowest BCUT2D eigenvalue weighted by molar-refractivity contribution is 0.288. The van der Waals surface area contributed by atoms with Crippen molar-refractivity contribution in [2.75, 3.05) is 19.0 Å². The lowest BCUT2D eigenvalue weighted by Crippen LogP contribution is -2.09. The minimum absolute atomic E-state index is 0.485. The molecule has 2 nitrogen and oxygen atoms in total. The Balaban J connectivity index is 2.50. The van der Waals surface area contributed by atoms with Crippen molar-refractivity contribution in [3.8, 4) is 0 Å². The highest BCUT2D eigenvalue weighted by molar-refractivity contribution is 6.18. The second kappa shape index (κ2) is 8.50. The molecule has 0 aromatic heterocycles. The van der Waals surface area contributed by atoms with Crippen LogP contribution < -0.4 is 5.73 Å². The van der Waals surface area contributed by atoms with Crippen molar-refractivity contribution in [1.29, 1.82) is 0 Å². The van der Waals surface area contributed by atoms with Gasteiger partial charge in [0.15, 0.2) is 0 Å². The Morgan fingerprint density at radius 1 is 0.905 bits per heavy atom. The van der Waals surface area contributed by atoms with E-state index in [4.69, 9.17) is 22.1 Å². The number of hydrogen-bond donors (Lipinski definition) is 1. The van der Waals surface area contributed by atoms with Gasteiger partial charge >= 0.3 is 0 Å². The van der Waals surface area contributed by atoms with Gasteiger partial charge in [-0.3, -0.25) is 0 Å². The third kappa shape index (κ3) is 4.35. The molecule has 0 saturated heterocycles. The number of nitrogens with two attached hydrogens (primary N) is 1. The van der Waals surface area contributed by atoms with Gasteiger partial charge in [-0.25, -0.2) is 0 Å². The topological polar surface area (TPSA) is 35.2 Å². The molecule has 2 N–H and O–H groups in total. The van der Waals surface area contributed by atoms with Gasteiger partial charge in [-0.1, -0.05) is 60.7 Å². The van der Waals surface area contributed by atoms with E-state index in [1.54, 1.807) is 0 Å². The molecule has 2 aromatic rings. The van der Waals surface area contributed by atoms with Crippen molar-refractivity contribution in [2.45, 2.75) is 6.42 Å². The first-order valence-corrected chi connectivity index (χ1v) is 7.63. The molecular formula is C18H20ClNO. The molecule has 0 fully saturated rings. The summed E-state index contributed by atoms with van der Waals surface area (Å²) >= 11 is 6.00. The van der Waals surface area contributed by atoms with Gasteiger partial charge in [0.2, 0.25) is 0 Å². The van der Waals surface area contributed by atoms with Crippen molar-refractivity contribution in [2.24, 2.45) is 5.73 Å². The van der Waals surface area contributed by atoms with E-state index in [9.17, 15) is 0 Å². The third-order valence-corrected chi connectivity index (χ3v) is 3.33. The summed E-state index contributed by atoms with van der Waals surface area (Å²) < 4.78 is 5.94. The minimum atomic E-state index is 0.485. The largest absolute Gasteiger partial charge is 0.491 e. The molecule has 0 spiro atoms. The third-order valence-electron chi connectivity index (χ3n) is 3.14. The molecule has 0 unspecified atom stereocenters. The Morgan fingerprint density at radius 2 is 1.48 bits per heavy atom. The van der Waals surface area contributed by atoms with Gasteiger partial charge in [-0.15, -0.1) is 11.6 Å². The predicted octanol–water partition coefficient (Wildman–Crippen LogP) is 4.16. The Morgan fingerprint density at radius 3 is 2.00 bits per heavy atom. The smallest absolute Gasteiger partial charge is 0.130 e. The standard InChI is InChI=1S/C18H20ClNO/c19-12-11-17(15-7-3-1-4-8-15)18(21-14-13-20)16-9-5-2-6-10-16/h1-10H,11-14,20H2. The quantitative estimate of drug-likeness (QED) is 0.473. The fraction of sp³-hybridized carbons (Fsp3) is 0.222. The second-order valence-electron chi connectivity index (χ2n) is 4.62. The number of hydrogen-bond acceptors (Lipinski definition) is 2. The van der Waals surface area contributed by atoms with Crippen LogP contribution in [-0.4, -0.2) is 19.0 Å². The molecule has 0 aliphatic rings. The van der Waals surface area contributed by atoms with E-state index in [2.05, 4.69) is 12.1 Å². The zero-order valence-corrected chi connectivity index (χ0v) is 12.7. The Kier molecular flexibility index (Phi) is 6.32. The number of alkyl halides is 1. The van der Waals surface area contributed by atoms with Gasteiger partial charge in [0, 0.05) is 23.6 Å². The van der Waals surface area contributed by atoms with Crippen LogP contribution >= 0.6 is 11.6 Å². The number of allylic oxidation sites excluding steroid dienone is 1. The molecule has 0 heterocycles. The lowest BCUT2D eigenvalue weighted by atomic mass is 9.98. The van der Waals surface area contributed by atoms with Crippen molar-refractivity contribution in [3.63, 3.8) is 0 Å².